The Balaban J connectivity index is 1.66. The van der Waals surface area contributed by atoms with Crippen molar-refractivity contribution >= 4 is 23.6 Å². The number of carbonyl (C=O) groups excluding carboxylic acids is 3. The predicted octanol–water partition coefficient (Wildman–Crippen LogP) is 3.59. The molecule has 0 radical (unpaired) electrons. The molecule has 2 atom stereocenters. The molecule has 1 aromatic carbocycles. The molecule has 4 rings (SSSR count). The maximum atomic E-state index is 15.7. The lowest BCUT2D eigenvalue weighted by atomic mass is 9.92. The third-order valence-corrected chi connectivity index (χ3v) is 6.29. The van der Waals surface area contributed by atoms with E-state index in [4.69, 9.17) is 4.74 Å². The second kappa shape index (κ2) is 8.33. The van der Waals surface area contributed by atoms with Crippen molar-refractivity contribution in [1.82, 2.24) is 10.2 Å². The molecule has 7 nitrogen and oxygen atoms in total. The van der Waals surface area contributed by atoms with E-state index in [2.05, 4.69) is 5.32 Å². The number of likely N-dealkylation sites (tertiary alicyclic amines) is 1. The third-order valence-electron chi connectivity index (χ3n) is 6.29. The third kappa shape index (κ3) is 4.17. The van der Waals surface area contributed by atoms with Gasteiger partial charge in [0.25, 0.3) is 0 Å². The average molecular weight is 449 g/mol. The Bertz CT molecular complexity index is 960. The van der Waals surface area contributed by atoms with Crippen LogP contribution in [-0.4, -0.2) is 47.5 Å². The number of piperidine rings is 2. The molecule has 32 heavy (non-hydrogen) atoms. The fraction of sp³-hybridized carbons (Fsp3) is 0.609. The number of fused-ring (bicyclic) bond motifs is 1. The number of nitrogens with zero attached hydrogens (tertiary/aromatic N) is 2. The van der Waals surface area contributed by atoms with Gasteiger partial charge in [-0.3, -0.25) is 14.9 Å². The average Bonchev–Trinajstić information content (AvgIpc) is 3.11. The van der Waals surface area contributed by atoms with Crippen molar-refractivity contribution in [2.45, 2.75) is 77.0 Å². The van der Waals surface area contributed by atoms with E-state index in [1.165, 1.54) is 11.0 Å². The summed E-state index contributed by atoms with van der Waals surface area (Å²) in [6.07, 6.45) is 2.19. The highest BCUT2D eigenvalue weighted by atomic mass is 19.1. The number of hydrogen-bond donors (Lipinski definition) is 1. The second-order valence-corrected chi connectivity index (χ2v) is 9.68. The van der Waals surface area contributed by atoms with E-state index < -0.39 is 41.3 Å². The molecule has 0 aromatic heterocycles. The summed E-state index contributed by atoms with van der Waals surface area (Å²) in [5.41, 5.74) is -0.130. The normalized spacial score (nSPS) is 23.8. The first kappa shape index (κ1) is 22.5. The van der Waals surface area contributed by atoms with Gasteiger partial charge < -0.3 is 14.5 Å². The number of amides is 3. The number of imide groups is 1. The lowest BCUT2D eigenvalue weighted by molar-refractivity contribution is -0.134. The second-order valence-electron chi connectivity index (χ2n) is 9.68. The van der Waals surface area contributed by atoms with E-state index >= 15 is 8.78 Å². The minimum atomic E-state index is -0.742. The molecule has 9 heteroatoms. The summed E-state index contributed by atoms with van der Waals surface area (Å²) < 4.78 is 36.5. The van der Waals surface area contributed by atoms with Crippen molar-refractivity contribution in [1.29, 1.82) is 0 Å². The zero-order chi connectivity index (χ0) is 23.2. The van der Waals surface area contributed by atoms with Gasteiger partial charge in [-0.15, -0.1) is 0 Å². The number of nitrogens with one attached hydrogen (secondary N) is 1. The van der Waals surface area contributed by atoms with Crippen LogP contribution < -0.4 is 10.2 Å². The van der Waals surface area contributed by atoms with E-state index in [0.717, 1.165) is 12.8 Å². The van der Waals surface area contributed by atoms with Gasteiger partial charge in [0.2, 0.25) is 11.8 Å². The summed E-state index contributed by atoms with van der Waals surface area (Å²) in [6, 6.07) is -0.105. The molecule has 3 amide bonds. The summed E-state index contributed by atoms with van der Waals surface area (Å²) >= 11 is 0. The first-order valence-corrected chi connectivity index (χ1v) is 11.2. The van der Waals surface area contributed by atoms with E-state index in [0.29, 0.717) is 43.6 Å². The van der Waals surface area contributed by atoms with Gasteiger partial charge in [-0.05, 0) is 58.9 Å². The zero-order valence-electron chi connectivity index (χ0n) is 18.7. The molecule has 2 saturated heterocycles. The van der Waals surface area contributed by atoms with Gasteiger partial charge in [0.15, 0.2) is 0 Å². The molecule has 0 bridgehead atoms. The van der Waals surface area contributed by atoms with Crippen LogP contribution in [0.4, 0.5) is 19.3 Å². The first-order chi connectivity index (χ1) is 15.1. The van der Waals surface area contributed by atoms with Crippen molar-refractivity contribution in [3.05, 3.63) is 28.8 Å². The van der Waals surface area contributed by atoms with Gasteiger partial charge in [-0.25, -0.2) is 13.6 Å². The summed E-state index contributed by atoms with van der Waals surface area (Å²) in [6.45, 7) is 6.00. The highest BCUT2D eigenvalue weighted by Gasteiger charge is 2.40. The number of carbonyl (C=O) groups is 3. The Labute approximate surface area is 186 Å². The minimum Gasteiger partial charge on any atom is -0.444 e. The molecule has 3 heterocycles. The maximum absolute atomic E-state index is 15.7. The summed E-state index contributed by atoms with van der Waals surface area (Å²) in [7, 11) is 0. The number of hydrogen-bond acceptors (Lipinski definition) is 5. The fourth-order valence-electron chi connectivity index (χ4n) is 4.89. The molecule has 1 N–H and O–H groups in total. The van der Waals surface area contributed by atoms with Gasteiger partial charge >= 0.3 is 6.09 Å². The van der Waals surface area contributed by atoms with Gasteiger partial charge in [-0.2, -0.15) is 0 Å². The Kier molecular flexibility index (Phi) is 5.85. The van der Waals surface area contributed by atoms with Crippen LogP contribution in [0.5, 0.6) is 0 Å². The van der Waals surface area contributed by atoms with Crippen LogP contribution in [0.25, 0.3) is 0 Å². The Morgan fingerprint density at radius 2 is 1.84 bits per heavy atom. The first-order valence-electron chi connectivity index (χ1n) is 11.2. The largest absolute Gasteiger partial charge is 0.444 e. The van der Waals surface area contributed by atoms with Crippen molar-refractivity contribution in [3.63, 3.8) is 0 Å². The highest BCUT2D eigenvalue weighted by Crippen LogP contribution is 2.41. The molecule has 1 aromatic rings. The summed E-state index contributed by atoms with van der Waals surface area (Å²) in [5, 5.41) is 2.30. The number of rotatable bonds is 2. The van der Waals surface area contributed by atoms with E-state index in [1.807, 2.05) is 0 Å². The smallest absolute Gasteiger partial charge is 0.410 e. The van der Waals surface area contributed by atoms with Crippen molar-refractivity contribution in [3.8, 4) is 0 Å². The molecular formula is C23H29F2N3O4. The standard InChI is InChI=1S/C23H29F2N3O4/c1-23(2,3)32-22(31)28-10-5-4-6-15(28)19-14(24)12-17-13(20(19)25)9-11-27(17)16-7-8-18(29)26-21(16)30/h12,15-16H,4-11H2,1-3H3,(H,26,29,30). The lowest BCUT2D eigenvalue weighted by Gasteiger charge is -2.37. The van der Waals surface area contributed by atoms with Crippen LogP contribution in [0.3, 0.4) is 0 Å². The number of benzene rings is 1. The Morgan fingerprint density at radius 3 is 2.53 bits per heavy atom. The van der Waals surface area contributed by atoms with E-state index in [-0.39, 0.29) is 17.9 Å². The van der Waals surface area contributed by atoms with Gasteiger partial charge in [0.05, 0.1) is 6.04 Å². The zero-order valence-corrected chi connectivity index (χ0v) is 18.7. The van der Waals surface area contributed by atoms with E-state index in [1.54, 1.807) is 25.7 Å². The number of halogens is 2. The highest BCUT2D eigenvalue weighted by molar-refractivity contribution is 6.02. The van der Waals surface area contributed by atoms with Gasteiger partial charge in [-0.1, -0.05) is 0 Å². The SMILES string of the molecule is CC(C)(C)OC(=O)N1CCCCC1c1c(F)cc2c(c1F)CCN2C1CCC(=O)NC1=O. The summed E-state index contributed by atoms with van der Waals surface area (Å²) in [5.74, 6) is -2.17. The predicted molar refractivity (Wildman–Crippen MR) is 113 cm³/mol. The molecular weight excluding hydrogens is 420 g/mol. The molecule has 2 unspecified atom stereocenters. The molecule has 0 aliphatic carbocycles. The van der Waals surface area contributed by atoms with Crippen LogP contribution in [0.2, 0.25) is 0 Å². The molecule has 0 spiro atoms. The fourth-order valence-corrected chi connectivity index (χ4v) is 4.89. The quantitative estimate of drug-likeness (QED) is 0.698. The molecule has 0 saturated carbocycles. The molecule has 2 fully saturated rings. The van der Waals surface area contributed by atoms with Crippen LogP contribution in [0, 0.1) is 11.6 Å². The van der Waals surface area contributed by atoms with Gasteiger partial charge in [0, 0.05) is 36.3 Å². The topological polar surface area (TPSA) is 79.0 Å². The van der Waals surface area contributed by atoms with Crippen LogP contribution in [0.1, 0.15) is 70.0 Å². The molecule has 3 aliphatic rings. The number of ether oxygens (including phenoxy) is 1. The molecule has 174 valence electrons. The molecule has 3 aliphatic heterocycles. The Hall–Kier alpha value is -2.71. The van der Waals surface area contributed by atoms with E-state index in [9.17, 15) is 14.4 Å². The van der Waals surface area contributed by atoms with Crippen molar-refractivity contribution in [2.24, 2.45) is 0 Å². The maximum Gasteiger partial charge on any atom is 0.410 e. The van der Waals surface area contributed by atoms with Crippen LogP contribution in [-0.2, 0) is 20.7 Å². The minimum absolute atomic E-state index is 0.112. The van der Waals surface area contributed by atoms with Crippen molar-refractivity contribution in [2.75, 3.05) is 18.0 Å². The Morgan fingerprint density at radius 1 is 1.09 bits per heavy atom. The van der Waals surface area contributed by atoms with Gasteiger partial charge in [0.1, 0.15) is 23.3 Å². The van der Waals surface area contributed by atoms with Crippen LogP contribution >= 0.6 is 0 Å². The monoisotopic (exact) mass is 449 g/mol. The van der Waals surface area contributed by atoms with Crippen molar-refractivity contribution < 1.29 is 27.9 Å². The lowest BCUT2D eigenvalue weighted by Crippen LogP contribution is -2.52. The van der Waals surface area contributed by atoms with Crippen LogP contribution in [0.15, 0.2) is 6.07 Å². The number of anilines is 1. The summed E-state index contributed by atoms with van der Waals surface area (Å²) in [4.78, 5) is 39.6.